The molecule has 1 heterocycles. The van der Waals surface area contributed by atoms with Crippen LogP contribution in [0.1, 0.15) is 36.2 Å². The molecule has 0 aromatic carbocycles. The van der Waals surface area contributed by atoms with Crippen LogP contribution in [-0.2, 0) is 0 Å². The van der Waals surface area contributed by atoms with Crippen molar-refractivity contribution in [2.45, 2.75) is 25.7 Å². The van der Waals surface area contributed by atoms with Crippen LogP contribution in [0.5, 0.6) is 0 Å². The first kappa shape index (κ1) is 12.3. The lowest BCUT2D eigenvalue weighted by atomic mass is 9.87. The van der Waals surface area contributed by atoms with E-state index < -0.39 is 0 Å². The fraction of sp³-hybridized carbons (Fsp3) is 0.636. The highest BCUT2D eigenvalue weighted by Gasteiger charge is 2.33. The first-order valence-corrected chi connectivity index (χ1v) is 6.63. The Kier molecular flexibility index (Phi) is 3.63. The molecule has 1 aliphatic carbocycles. The van der Waals surface area contributed by atoms with Gasteiger partial charge in [-0.3, -0.25) is 4.79 Å². The van der Waals surface area contributed by atoms with Crippen molar-refractivity contribution in [3.63, 3.8) is 0 Å². The van der Waals surface area contributed by atoms with Crippen LogP contribution in [0.4, 0.5) is 5.13 Å². The van der Waals surface area contributed by atoms with Crippen molar-refractivity contribution in [2.75, 3.05) is 18.9 Å². The van der Waals surface area contributed by atoms with Gasteiger partial charge in [0.15, 0.2) is 5.13 Å². The molecule has 5 nitrogen and oxygen atoms in total. The minimum atomic E-state index is -0.210. The number of thiazole rings is 1. The molecule has 0 spiro atoms. The average molecular weight is 255 g/mol. The normalized spacial score (nSPS) is 18.2. The maximum absolute atomic E-state index is 11.8. The first-order valence-electron chi connectivity index (χ1n) is 5.75. The number of carbonyl (C=O) groups excluding carboxylic acids is 1. The van der Waals surface area contributed by atoms with Crippen molar-refractivity contribution in [1.29, 1.82) is 0 Å². The van der Waals surface area contributed by atoms with E-state index in [4.69, 9.17) is 5.73 Å². The van der Waals surface area contributed by atoms with Gasteiger partial charge in [-0.15, -0.1) is 11.3 Å². The fourth-order valence-electron chi connectivity index (χ4n) is 2.27. The number of amides is 1. The summed E-state index contributed by atoms with van der Waals surface area (Å²) in [6, 6.07) is 0. The third kappa shape index (κ3) is 2.76. The van der Waals surface area contributed by atoms with Gasteiger partial charge in [0.05, 0.1) is 6.61 Å². The number of nitrogens with two attached hydrogens (primary N) is 1. The lowest BCUT2D eigenvalue weighted by molar-refractivity contribution is 0.0876. The Balaban J connectivity index is 1.91. The lowest BCUT2D eigenvalue weighted by Crippen LogP contribution is -2.38. The number of nitrogens with one attached hydrogen (secondary N) is 1. The van der Waals surface area contributed by atoms with Crippen LogP contribution >= 0.6 is 11.3 Å². The maximum Gasteiger partial charge on any atom is 0.270 e. The molecule has 2 rings (SSSR count). The molecule has 0 atom stereocenters. The van der Waals surface area contributed by atoms with E-state index in [0.717, 1.165) is 25.7 Å². The van der Waals surface area contributed by atoms with Crippen LogP contribution in [0.2, 0.25) is 0 Å². The molecule has 1 fully saturated rings. The van der Waals surface area contributed by atoms with Gasteiger partial charge in [0.1, 0.15) is 5.69 Å². The summed E-state index contributed by atoms with van der Waals surface area (Å²) < 4.78 is 0. The van der Waals surface area contributed by atoms with E-state index in [1.165, 1.54) is 11.3 Å². The third-order valence-electron chi connectivity index (χ3n) is 3.38. The number of hydrogen-bond donors (Lipinski definition) is 3. The number of hydrogen-bond acceptors (Lipinski definition) is 5. The van der Waals surface area contributed by atoms with Gasteiger partial charge < -0.3 is 16.2 Å². The second-order valence-corrected chi connectivity index (χ2v) is 5.51. The lowest BCUT2D eigenvalue weighted by Gasteiger charge is -2.26. The molecule has 0 radical (unpaired) electrons. The minimum Gasteiger partial charge on any atom is -0.396 e. The number of nitrogens with zero attached hydrogens (tertiary/aromatic N) is 1. The monoisotopic (exact) mass is 255 g/mol. The molecule has 17 heavy (non-hydrogen) atoms. The first-order chi connectivity index (χ1) is 8.15. The van der Waals surface area contributed by atoms with Crippen molar-refractivity contribution in [1.82, 2.24) is 10.3 Å². The van der Waals surface area contributed by atoms with Crippen LogP contribution < -0.4 is 11.1 Å². The van der Waals surface area contributed by atoms with Gasteiger partial charge in [-0.1, -0.05) is 12.8 Å². The van der Waals surface area contributed by atoms with E-state index in [0.29, 0.717) is 17.4 Å². The molecule has 94 valence electrons. The van der Waals surface area contributed by atoms with Gasteiger partial charge in [0.2, 0.25) is 0 Å². The highest BCUT2D eigenvalue weighted by Crippen LogP contribution is 2.36. The van der Waals surface area contributed by atoms with Gasteiger partial charge in [0, 0.05) is 17.3 Å². The smallest absolute Gasteiger partial charge is 0.270 e. The van der Waals surface area contributed by atoms with Crippen molar-refractivity contribution >= 4 is 22.4 Å². The minimum absolute atomic E-state index is 0.128. The largest absolute Gasteiger partial charge is 0.396 e. The van der Waals surface area contributed by atoms with Crippen molar-refractivity contribution < 1.29 is 9.90 Å². The Labute approximate surface area is 104 Å². The van der Waals surface area contributed by atoms with Gasteiger partial charge in [0.25, 0.3) is 5.91 Å². The quantitative estimate of drug-likeness (QED) is 0.749. The van der Waals surface area contributed by atoms with Gasteiger partial charge in [-0.25, -0.2) is 4.98 Å². The van der Waals surface area contributed by atoms with Crippen LogP contribution in [0.15, 0.2) is 5.38 Å². The zero-order chi connectivity index (χ0) is 12.3. The van der Waals surface area contributed by atoms with Crippen molar-refractivity contribution in [2.24, 2.45) is 5.41 Å². The molecule has 0 aliphatic heterocycles. The number of aromatic nitrogens is 1. The van der Waals surface area contributed by atoms with Gasteiger partial charge in [-0.05, 0) is 12.8 Å². The molecule has 1 amide bonds. The Hall–Kier alpha value is -1.14. The summed E-state index contributed by atoms with van der Waals surface area (Å²) >= 11 is 1.25. The van der Waals surface area contributed by atoms with E-state index in [2.05, 4.69) is 10.3 Å². The zero-order valence-electron chi connectivity index (χ0n) is 9.61. The topological polar surface area (TPSA) is 88.2 Å². The Morgan fingerprint density at radius 2 is 2.29 bits per heavy atom. The number of anilines is 1. The Morgan fingerprint density at radius 1 is 1.59 bits per heavy atom. The van der Waals surface area contributed by atoms with Crippen LogP contribution in [0.25, 0.3) is 0 Å². The summed E-state index contributed by atoms with van der Waals surface area (Å²) in [4.78, 5) is 15.7. The Bertz CT molecular complexity index is 399. The number of rotatable bonds is 4. The molecule has 0 bridgehead atoms. The number of nitrogen functional groups attached to an aromatic ring is 1. The molecular weight excluding hydrogens is 238 g/mol. The summed E-state index contributed by atoms with van der Waals surface area (Å²) in [7, 11) is 0. The molecule has 1 aliphatic rings. The van der Waals surface area contributed by atoms with E-state index in [-0.39, 0.29) is 17.9 Å². The summed E-state index contributed by atoms with van der Waals surface area (Å²) in [6.07, 6.45) is 4.20. The molecule has 4 N–H and O–H groups in total. The van der Waals surface area contributed by atoms with Gasteiger partial charge >= 0.3 is 0 Å². The predicted molar refractivity (Wildman–Crippen MR) is 66.8 cm³/mol. The number of aliphatic hydroxyl groups excluding tert-OH is 1. The number of aliphatic hydroxyl groups is 1. The summed E-state index contributed by atoms with van der Waals surface area (Å²) in [5.41, 5.74) is 5.71. The van der Waals surface area contributed by atoms with Crippen molar-refractivity contribution in [3.8, 4) is 0 Å². The maximum atomic E-state index is 11.8. The third-order valence-corrected chi connectivity index (χ3v) is 4.05. The molecular formula is C11H17N3O2S. The molecule has 0 unspecified atom stereocenters. The zero-order valence-corrected chi connectivity index (χ0v) is 10.4. The molecule has 0 saturated heterocycles. The molecule has 1 aromatic rings. The SMILES string of the molecule is Nc1nc(C(=O)NCC2(CO)CCCC2)cs1. The molecule has 6 heteroatoms. The highest BCUT2D eigenvalue weighted by atomic mass is 32.1. The van der Waals surface area contributed by atoms with E-state index in [9.17, 15) is 9.90 Å². The van der Waals surface area contributed by atoms with E-state index in [1.54, 1.807) is 5.38 Å². The second kappa shape index (κ2) is 5.01. The molecule has 1 aromatic heterocycles. The fourth-order valence-corrected chi connectivity index (χ4v) is 2.81. The average Bonchev–Trinajstić information content (AvgIpc) is 2.95. The predicted octanol–water partition coefficient (Wildman–Crippen LogP) is 1.01. The number of carbonyl (C=O) groups is 1. The van der Waals surface area contributed by atoms with E-state index >= 15 is 0 Å². The second-order valence-electron chi connectivity index (χ2n) is 4.62. The van der Waals surface area contributed by atoms with Crippen molar-refractivity contribution in [3.05, 3.63) is 11.1 Å². The Morgan fingerprint density at radius 3 is 2.82 bits per heavy atom. The van der Waals surface area contributed by atoms with Crippen LogP contribution in [0.3, 0.4) is 0 Å². The van der Waals surface area contributed by atoms with E-state index in [1.807, 2.05) is 0 Å². The molecule has 1 saturated carbocycles. The summed E-state index contributed by atoms with van der Waals surface area (Å²) in [5.74, 6) is -0.210. The standard InChI is InChI=1S/C11H17N3O2S/c12-10-14-8(5-17-10)9(16)13-6-11(7-15)3-1-2-4-11/h5,15H,1-4,6-7H2,(H2,12,14)(H,13,16). The van der Waals surface area contributed by atoms with Crippen LogP contribution in [-0.4, -0.2) is 29.1 Å². The highest BCUT2D eigenvalue weighted by molar-refractivity contribution is 7.13. The van der Waals surface area contributed by atoms with Gasteiger partial charge in [-0.2, -0.15) is 0 Å². The van der Waals surface area contributed by atoms with Crippen LogP contribution in [0, 0.1) is 5.41 Å². The summed E-state index contributed by atoms with van der Waals surface area (Å²) in [5, 5.41) is 14.3. The summed E-state index contributed by atoms with van der Waals surface area (Å²) in [6.45, 7) is 0.645.